The molecule has 2 fully saturated rings. The molecule has 0 unspecified atom stereocenters. The first-order valence-corrected chi connectivity index (χ1v) is 12.9. The molecule has 4 aromatic carbocycles. The summed E-state index contributed by atoms with van der Waals surface area (Å²) in [4.78, 5) is 57.8. The minimum Gasteiger partial charge on any atom is -0.423 e. The van der Waals surface area contributed by atoms with Crippen LogP contribution in [0.5, 0.6) is 5.75 Å². The van der Waals surface area contributed by atoms with E-state index in [0.29, 0.717) is 27.5 Å². The number of benzene rings is 4. The van der Waals surface area contributed by atoms with Crippen LogP contribution in [0.1, 0.15) is 22.0 Å². The number of esters is 1. The van der Waals surface area contributed by atoms with Crippen LogP contribution in [0.4, 0.5) is 17.1 Å². The van der Waals surface area contributed by atoms with Gasteiger partial charge in [-0.3, -0.25) is 24.5 Å². The van der Waals surface area contributed by atoms with Crippen LogP contribution in [0.2, 0.25) is 5.02 Å². The van der Waals surface area contributed by atoms with E-state index in [4.69, 9.17) is 21.2 Å². The Bertz CT molecular complexity index is 1660. The fraction of sp³-hybridized carbons (Fsp3) is 0.100. The molecule has 0 saturated carbocycles. The van der Waals surface area contributed by atoms with Gasteiger partial charge in [0.25, 0.3) is 11.6 Å². The highest BCUT2D eigenvalue weighted by molar-refractivity contribution is 6.31. The summed E-state index contributed by atoms with van der Waals surface area (Å²) >= 11 is 5.99. The summed E-state index contributed by atoms with van der Waals surface area (Å²) in [7, 11) is 0. The van der Waals surface area contributed by atoms with Crippen molar-refractivity contribution in [1.82, 2.24) is 0 Å². The third kappa shape index (κ3) is 4.79. The van der Waals surface area contributed by atoms with Crippen LogP contribution in [-0.4, -0.2) is 28.8 Å². The van der Waals surface area contributed by atoms with Gasteiger partial charge >= 0.3 is 5.97 Å². The Balaban J connectivity index is 1.35. The van der Waals surface area contributed by atoms with Gasteiger partial charge in [-0.15, -0.1) is 0 Å². The average Bonchev–Trinajstić information content (AvgIpc) is 3.50. The first-order valence-electron chi connectivity index (χ1n) is 12.5. The smallest absolute Gasteiger partial charge is 0.343 e. The number of non-ortho nitro benzene ring substituents is 1. The lowest BCUT2D eigenvalue weighted by Crippen LogP contribution is -2.37. The molecule has 2 saturated heterocycles. The van der Waals surface area contributed by atoms with Crippen LogP contribution in [0.3, 0.4) is 0 Å². The van der Waals surface area contributed by atoms with Crippen LogP contribution in [0.15, 0.2) is 103 Å². The molecule has 0 radical (unpaired) electrons. The zero-order valence-corrected chi connectivity index (χ0v) is 21.9. The second kappa shape index (κ2) is 10.5. The predicted octanol–water partition coefficient (Wildman–Crippen LogP) is 5.52. The number of nitro groups is 1. The number of anilines is 2. The van der Waals surface area contributed by atoms with E-state index in [0.717, 1.165) is 4.90 Å². The SMILES string of the molecule is O=C(Oc1ccc([C@H]2[C@H]3C(=O)N(c4ccc(Cl)cc4)C(=O)[C@H]3ON2c2cccc([N+](=O)[O-])c2)cc1)c1ccccc1. The molecule has 0 aromatic heterocycles. The third-order valence-corrected chi connectivity index (χ3v) is 7.19. The summed E-state index contributed by atoms with van der Waals surface area (Å²) in [6.45, 7) is 0. The normalized spacial score (nSPS) is 19.8. The van der Waals surface area contributed by atoms with E-state index in [-0.39, 0.29) is 11.4 Å². The zero-order chi connectivity index (χ0) is 28.7. The maximum atomic E-state index is 13.8. The number of ether oxygens (including phenoxy) is 1. The lowest BCUT2D eigenvalue weighted by molar-refractivity contribution is -0.384. The number of hydrogen-bond donors (Lipinski definition) is 0. The molecule has 6 rings (SSSR count). The summed E-state index contributed by atoms with van der Waals surface area (Å²) in [5, 5.41) is 13.3. The molecule has 2 heterocycles. The molecular weight excluding hydrogens is 550 g/mol. The van der Waals surface area contributed by atoms with E-state index in [1.807, 2.05) is 0 Å². The van der Waals surface area contributed by atoms with Gasteiger partial charge in [0.1, 0.15) is 11.7 Å². The van der Waals surface area contributed by atoms with Crippen LogP contribution in [0, 0.1) is 16.0 Å². The first-order chi connectivity index (χ1) is 19.8. The van der Waals surface area contributed by atoms with Crippen molar-refractivity contribution in [3.63, 3.8) is 0 Å². The molecule has 3 atom stereocenters. The number of carbonyl (C=O) groups excluding carboxylic acids is 3. The summed E-state index contributed by atoms with van der Waals surface area (Å²) in [5.41, 5.74) is 1.44. The Labute approximate surface area is 238 Å². The summed E-state index contributed by atoms with van der Waals surface area (Å²) in [6.07, 6.45) is -1.17. The number of amides is 2. The highest BCUT2D eigenvalue weighted by atomic mass is 35.5. The fourth-order valence-electron chi connectivity index (χ4n) is 5.04. The highest BCUT2D eigenvalue weighted by Gasteiger charge is 2.60. The van der Waals surface area contributed by atoms with Crippen LogP contribution in [0.25, 0.3) is 0 Å². The Hall–Kier alpha value is -5.06. The highest BCUT2D eigenvalue weighted by Crippen LogP contribution is 2.48. The van der Waals surface area contributed by atoms with Crippen molar-refractivity contribution in [1.29, 1.82) is 0 Å². The first kappa shape index (κ1) is 26.2. The minimum absolute atomic E-state index is 0.175. The second-order valence-electron chi connectivity index (χ2n) is 9.41. The van der Waals surface area contributed by atoms with Crippen molar-refractivity contribution in [2.45, 2.75) is 12.1 Å². The molecular formula is C30H20ClN3O7. The van der Waals surface area contributed by atoms with Gasteiger partial charge in [-0.25, -0.2) is 14.8 Å². The van der Waals surface area contributed by atoms with Crippen molar-refractivity contribution in [2.75, 3.05) is 9.96 Å². The van der Waals surface area contributed by atoms with E-state index < -0.39 is 40.8 Å². The molecule has 204 valence electrons. The van der Waals surface area contributed by atoms with E-state index in [1.54, 1.807) is 84.9 Å². The largest absolute Gasteiger partial charge is 0.423 e. The molecule has 11 heteroatoms. The third-order valence-electron chi connectivity index (χ3n) is 6.94. The van der Waals surface area contributed by atoms with E-state index >= 15 is 0 Å². The number of nitrogens with zero attached hydrogens (tertiary/aromatic N) is 3. The molecule has 10 nitrogen and oxygen atoms in total. The molecule has 0 bridgehead atoms. The van der Waals surface area contributed by atoms with Gasteiger partial charge in [0, 0.05) is 17.2 Å². The maximum Gasteiger partial charge on any atom is 0.343 e. The Morgan fingerprint density at radius 2 is 1.56 bits per heavy atom. The molecule has 2 aliphatic heterocycles. The number of rotatable bonds is 6. The van der Waals surface area contributed by atoms with Crippen molar-refractivity contribution in [2.24, 2.45) is 5.92 Å². The lowest BCUT2D eigenvalue weighted by Gasteiger charge is -2.28. The van der Waals surface area contributed by atoms with Gasteiger partial charge in [0.15, 0.2) is 6.10 Å². The van der Waals surface area contributed by atoms with E-state index in [2.05, 4.69) is 0 Å². The van der Waals surface area contributed by atoms with Gasteiger partial charge in [-0.05, 0) is 60.2 Å². The number of imide groups is 1. The lowest BCUT2D eigenvalue weighted by atomic mass is 9.90. The molecule has 41 heavy (non-hydrogen) atoms. The molecule has 0 N–H and O–H groups in total. The predicted molar refractivity (Wildman–Crippen MR) is 148 cm³/mol. The van der Waals surface area contributed by atoms with E-state index in [9.17, 15) is 24.5 Å². The van der Waals surface area contributed by atoms with E-state index in [1.165, 1.54) is 23.3 Å². The van der Waals surface area contributed by atoms with Gasteiger partial charge in [-0.2, -0.15) is 0 Å². The number of hydrogen-bond acceptors (Lipinski definition) is 8. The van der Waals surface area contributed by atoms with Crippen LogP contribution >= 0.6 is 11.6 Å². The summed E-state index contributed by atoms with van der Waals surface area (Å²) in [6, 6.07) is 26.2. The molecule has 2 amide bonds. The van der Waals surface area contributed by atoms with Crippen LogP contribution < -0.4 is 14.7 Å². The standard InChI is InChI=1S/C30H20ClN3O7/c31-20-11-13-21(14-12-20)32-28(35)25-26(18-9-15-24(16-10-18)40-30(37)19-5-2-1-3-6-19)33(41-27(25)29(32)36)22-7-4-8-23(17-22)34(38)39/h1-17,25-27H/t25-,26+,27+/m1/s1. The monoisotopic (exact) mass is 569 g/mol. The number of halogens is 1. The van der Waals surface area contributed by atoms with Crippen LogP contribution in [-0.2, 0) is 14.4 Å². The molecule has 2 aliphatic rings. The quantitative estimate of drug-likeness (QED) is 0.0979. The number of fused-ring (bicyclic) bond motifs is 1. The Kier molecular flexibility index (Phi) is 6.70. The molecule has 0 spiro atoms. The topological polar surface area (TPSA) is 119 Å². The molecule has 4 aromatic rings. The minimum atomic E-state index is -1.17. The zero-order valence-electron chi connectivity index (χ0n) is 21.1. The Morgan fingerprint density at radius 3 is 2.24 bits per heavy atom. The Morgan fingerprint density at radius 1 is 0.854 bits per heavy atom. The molecule has 0 aliphatic carbocycles. The van der Waals surface area contributed by atoms with Gasteiger partial charge in [0.2, 0.25) is 5.91 Å². The number of carbonyl (C=O) groups is 3. The van der Waals surface area contributed by atoms with Gasteiger partial charge in [-0.1, -0.05) is 48.0 Å². The number of hydroxylamine groups is 1. The van der Waals surface area contributed by atoms with Crippen molar-refractivity contribution in [3.05, 3.63) is 129 Å². The second-order valence-corrected chi connectivity index (χ2v) is 9.85. The fourth-order valence-corrected chi connectivity index (χ4v) is 5.16. The van der Waals surface area contributed by atoms with Gasteiger partial charge < -0.3 is 4.74 Å². The summed E-state index contributed by atoms with van der Waals surface area (Å²) in [5.74, 6) is -2.27. The van der Waals surface area contributed by atoms with Crippen molar-refractivity contribution >= 4 is 46.4 Å². The summed E-state index contributed by atoms with van der Waals surface area (Å²) < 4.78 is 5.48. The average molecular weight is 570 g/mol. The van der Waals surface area contributed by atoms with Crippen molar-refractivity contribution < 1.29 is 28.9 Å². The number of nitro benzene ring substituents is 1. The van der Waals surface area contributed by atoms with Crippen molar-refractivity contribution in [3.8, 4) is 5.75 Å². The van der Waals surface area contributed by atoms with Gasteiger partial charge in [0.05, 0.1) is 27.9 Å². The maximum absolute atomic E-state index is 13.8.